The highest BCUT2D eigenvalue weighted by Crippen LogP contribution is 2.23. The van der Waals surface area contributed by atoms with Crippen molar-refractivity contribution in [2.45, 2.75) is 51.2 Å². The maximum Gasteiger partial charge on any atom is 0.407 e. The van der Waals surface area contributed by atoms with Gasteiger partial charge in [-0.25, -0.2) is 4.79 Å². The van der Waals surface area contributed by atoms with E-state index in [-0.39, 0.29) is 24.8 Å². The van der Waals surface area contributed by atoms with Crippen molar-refractivity contribution < 1.29 is 18.3 Å². The van der Waals surface area contributed by atoms with Gasteiger partial charge in [0.25, 0.3) is 5.92 Å². The number of hydrogen-bond acceptors (Lipinski definition) is 5. The second-order valence-electron chi connectivity index (χ2n) is 7.69. The summed E-state index contributed by atoms with van der Waals surface area (Å²) in [6, 6.07) is -0.0409. The first-order valence-electron chi connectivity index (χ1n) is 8.59. The molecule has 0 aromatic carbocycles. The second-order valence-corrected chi connectivity index (χ2v) is 7.69. The van der Waals surface area contributed by atoms with E-state index in [1.54, 1.807) is 43.8 Å². The zero-order valence-corrected chi connectivity index (χ0v) is 15.4. The summed E-state index contributed by atoms with van der Waals surface area (Å²) in [5.74, 6) is -2.95. The fraction of sp³-hybridized carbons (Fsp3) is 0.765. The number of alkyl halides is 2. The molecule has 0 bridgehead atoms. The number of likely N-dealkylation sites (tertiary alicyclic amines) is 1. The SMILES string of the molecule is CN1C=CN=C(C(F)(F)CN2CCC(NC(=O)OC(C)(C)C)CC2)C1. The first-order chi connectivity index (χ1) is 11.5. The van der Waals surface area contributed by atoms with Crippen molar-refractivity contribution in [1.82, 2.24) is 15.1 Å². The van der Waals surface area contributed by atoms with Gasteiger partial charge in [0.1, 0.15) is 11.3 Å². The van der Waals surface area contributed by atoms with Crippen molar-refractivity contribution in [3.8, 4) is 0 Å². The van der Waals surface area contributed by atoms with Crippen LogP contribution in [0, 0.1) is 0 Å². The Hall–Kier alpha value is -1.70. The minimum Gasteiger partial charge on any atom is -0.444 e. The Labute approximate surface area is 147 Å². The highest BCUT2D eigenvalue weighted by molar-refractivity contribution is 5.94. The van der Waals surface area contributed by atoms with Crippen molar-refractivity contribution in [3.05, 3.63) is 12.4 Å². The number of amides is 1. The normalized spacial score (nSPS) is 20.4. The molecule has 1 amide bonds. The van der Waals surface area contributed by atoms with Gasteiger partial charge in [-0.1, -0.05) is 0 Å². The number of piperidine rings is 1. The summed E-state index contributed by atoms with van der Waals surface area (Å²) in [5, 5.41) is 2.81. The Balaban J connectivity index is 1.79. The van der Waals surface area contributed by atoms with Crippen molar-refractivity contribution >= 4 is 11.8 Å². The lowest BCUT2D eigenvalue weighted by Gasteiger charge is -2.35. The molecule has 0 atom stereocenters. The van der Waals surface area contributed by atoms with Crippen molar-refractivity contribution in [1.29, 1.82) is 0 Å². The van der Waals surface area contributed by atoms with Gasteiger partial charge in [-0.2, -0.15) is 8.78 Å². The number of ether oxygens (including phenoxy) is 1. The minimum absolute atomic E-state index is 0.0409. The number of carbonyl (C=O) groups excluding carboxylic acids is 1. The standard InChI is InChI=1S/C17H28F2N4O2/c1-16(2,3)25-15(24)21-13-5-8-23(9-6-13)12-17(18,19)14-11-22(4)10-7-20-14/h7,10,13H,5-6,8-9,11-12H2,1-4H3,(H,21,24). The van der Waals surface area contributed by atoms with E-state index in [4.69, 9.17) is 4.74 Å². The van der Waals surface area contributed by atoms with Gasteiger partial charge < -0.3 is 15.0 Å². The predicted octanol–water partition coefficient (Wildman–Crippen LogP) is 2.47. The maximum atomic E-state index is 14.4. The van der Waals surface area contributed by atoms with Gasteiger partial charge in [-0.15, -0.1) is 0 Å². The van der Waals surface area contributed by atoms with Gasteiger partial charge >= 0.3 is 6.09 Å². The van der Waals surface area contributed by atoms with E-state index in [0.717, 1.165) is 0 Å². The quantitative estimate of drug-likeness (QED) is 0.839. The fourth-order valence-electron chi connectivity index (χ4n) is 2.86. The Morgan fingerprint density at radius 3 is 2.56 bits per heavy atom. The molecule has 1 N–H and O–H groups in total. The number of nitrogens with zero attached hydrogens (tertiary/aromatic N) is 3. The van der Waals surface area contributed by atoms with Crippen LogP contribution in [-0.4, -0.2) is 72.4 Å². The Morgan fingerprint density at radius 2 is 2.00 bits per heavy atom. The summed E-state index contributed by atoms with van der Waals surface area (Å²) < 4.78 is 34.1. The lowest BCUT2D eigenvalue weighted by Crippen LogP contribution is -2.51. The van der Waals surface area contributed by atoms with E-state index in [1.807, 2.05) is 0 Å². The molecule has 0 unspecified atom stereocenters. The van der Waals surface area contributed by atoms with Crippen LogP contribution < -0.4 is 5.32 Å². The molecule has 2 aliphatic heterocycles. The number of rotatable bonds is 4. The van der Waals surface area contributed by atoms with Crippen LogP contribution in [0.4, 0.5) is 13.6 Å². The van der Waals surface area contributed by atoms with Gasteiger partial charge in [-0.3, -0.25) is 9.89 Å². The molecule has 2 aliphatic rings. The van der Waals surface area contributed by atoms with Crippen LogP contribution in [0.2, 0.25) is 0 Å². The number of hydrogen-bond donors (Lipinski definition) is 1. The summed E-state index contributed by atoms with van der Waals surface area (Å²) in [6.07, 6.45) is 3.88. The third kappa shape index (κ3) is 6.26. The van der Waals surface area contributed by atoms with Gasteiger partial charge in [0.2, 0.25) is 0 Å². The Morgan fingerprint density at radius 1 is 1.36 bits per heavy atom. The number of halogens is 2. The van der Waals surface area contributed by atoms with E-state index in [0.29, 0.717) is 25.9 Å². The summed E-state index contributed by atoms with van der Waals surface area (Å²) in [4.78, 5) is 19.0. The van der Waals surface area contributed by atoms with Crippen molar-refractivity contribution in [2.75, 3.05) is 33.2 Å². The number of carbonyl (C=O) groups is 1. The maximum absolute atomic E-state index is 14.4. The summed E-state index contributed by atoms with van der Waals surface area (Å²) in [6.45, 7) is 6.23. The lowest BCUT2D eigenvalue weighted by atomic mass is 10.0. The first kappa shape index (κ1) is 19.6. The molecule has 2 heterocycles. The number of nitrogens with one attached hydrogen (secondary N) is 1. The Bertz CT molecular complexity index is 535. The smallest absolute Gasteiger partial charge is 0.407 e. The molecule has 0 spiro atoms. The average molecular weight is 358 g/mol. The molecule has 8 heteroatoms. The summed E-state index contributed by atoms with van der Waals surface area (Å²) in [5.41, 5.74) is -0.652. The van der Waals surface area contributed by atoms with E-state index in [1.165, 1.54) is 6.20 Å². The average Bonchev–Trinajstić information content (AvgIpc) is 2.47. The highest BCUT2D eigenvalue weighted by Gasteiger charge is 2.39. The molecule has 0 saturated carbocycles. The van der Waals surface area contributed by atoms with Crippen molar-refractivity contribution in [3.63, 3.8) is 0 Å². The molecule has 2 rings (SSSR count). The summed E-state index contributed by atoms with van der Waals surface area (Å²) in [7, 11) is 1.75. The molecule has 0 aromatic rings. The highest BCUT2D eigenvalue weighted by atomic mass is 19.3. The summed E-state index contributed by atoms with van der Waals surface area (Å²) >= 11 is 0. The molecule has 25 heavy (non-hydrogen) atoms. The van der Waals surface area contributed by atoms with Gasteiger partial charge in [0.05, 0.1) is 13.1 Å². The topological polar surface area (TPSA) is 57.2 Å². The predicted molar refractivity (Wildman–Crippen MR) is 93.0 cm³/mol. The van der Waals surface area contributed by atoms with Crippen LogP contribution >= 0.6 is 0 Å². The zero-order chi connectivity index (χ0) is 18.7. The molecule has 0 aliphatic carbocycles. The molecule has 142 valence electrons. The van der Waals surface area contributed by atoms with E-state index >= 15 is 0 Å². The van der Waals surface area contributed by atoms with Crippen LogP contribution in [0.1, 0.15) is 33.6 Å². The molecule has 1 fully saturated rings. The molecule has 0 aromatic heterocycles. The van der Waals surface area contributed by atoms with Crippen LogP contribution in [0.25, 0.3) is 0 Å². The van der Waals surface area contributed by atoms with Crippen LogP contribution in [-0.2, 0) is 4.74 Å². The Kier molecular flexibility index (Phi) is 6.03. The number of alkyl carbamates (subject to hydrolysis) is 1. The number of aliphatic imine (C=N–C) groups is 1. The lowest BCUT2D eigenvalue weighted by molar-refractivity contribution is 0.0179. The van der Waals surface area contributed by atoms with Gasteiger partial charge in [0.15, 0.2) is 0 Å². The van der Waals surface area contributed by atoms with E-state index < -0.39 is 17.6 Å². The van der Waals surface area contributed by atoms with Crippen LogP contribution in [0.15, 0.2) is 17.4 Å². The van der Waals surface area contributed by atoms with Gasteiger partial charge in [0, 0.05) is 38.6 Å². The molecule has 0 radical (unpaired) electrons. The molecular formula is C17H28F2N4O2. The second kappa shape index (κ2) is 7.68. The third-order valence-corrected chi connectivity index (χ3v) is 4.10. The first-order valence-corrected chi connectivity index (χ1v) is 8.59. The monoisotopic (exact) mass is 358 g/mol. The van der Waals surface area contributed by atoms with E-state index in [2.05, 4.69) is 10.3 Å². The molecule has 1 saturated heterocycles. The van der Waals surface area contributed by atoms with E-state index in [9.17, 15) is 13.6 Å². The molecule has 6 nitrogen and oxygen atoms in total. The minimum atomic E-state index is -2.95. The fourth-order valence-corrected chi connectivity index (χ4v) is 2.86. The largest absolute Gasteiger partial charge is 0.444 e. The van der Waals surface area contributed by atoms with Crippen LogP contribution in [0.5, 0.6) is 0 Å². The molecular weight excluding hydrogens is 330 g/mol. The van der Waals surface area contributed by atoms with Crippen molar-refractivity contribution in [2.24, 2.45) is 4.99 Å². The van der Waals surface area contributed by atoms with Gasteiger partial charge in [-0.05, 0) is 33.6 Å². The zero-order valence-electron chi connectivity index (χ0n) is 15.4. The van der Waals surface area contributed by atoms with Crippen LogP contribution in [0.3, 0.4) is 0 Å². The third-order valence-electron chi connectivity index (χ3n) is 4.10.